The minimum absolute atomic E-state index is 0.0741. The van der Waals surface area contributed by atoms with Gasteiger partial charge < -0.3 is 10.2 Å². The fourth-order valence-electron chi connectivity index (χ4n) is 3.40. The van der Waals surface area contributed by atoms with Gasteiger partial charge in [-0.1, -0.05) is 6.42 Å². The van der Waals surface area contributed by atoms with Gasteiger partial charge in [0.2, 0.25) is 0 Å². The topological polar surface area (TPSA) is 169 Å². The molecule has 0 aromatic heterocycles. The summed E-state index contributed by atoms with van der Waals surface area (Å²) in [5, 5.41) is 30.1. The molecule has 2 unspecified atom stereocenters. The van der Waals surface area contributed by atoms with E-state index in [2.05, 4.69) is 0 Å². The zero-order valence-electron chi connectivity index (χ0n) is 14.2. The number of carboxylic acids is 2. The van der Waals surface area contributed by atoms with Crippen molar-refractivity contribution in [2.45, 2.75) is 24.2 Å². The predicted molar refractivity (Wildman–Crippen MR) is 90.1 cm³/mol. The largest absolute Gasteiger partial charge is 0.481 e. The molecule has 0 saturated heterocycles. The monoisotopic (exact) mass is 399 g/mol. The smallest absolute Gasteiger partial charge is 0.307 e. The number of nitrogens with zero attached hydrogens (tertiary/aromatic N) is 1. The van der Waals surface area contributed by atoms with Gasteiger partial charge >= 0.3 is 11.9 Å². The fraction of sp³-hybridized carbons (Fsp3) is 0.438. The molecule has 1 aliphatic rings. The van der Waals surface area contributed by atoms with E-state index in [4.69, 9.17) is 0 Å². The van der Waals surface area contributed by atoms with Crippen LogP contribution in [-0.4, -0.2) is 47.5 Å². The van der Waals surface area contributed by atoms with Crippen molar-refractivity contribution in [1.82, 2.24) is 0 Å². The van der Waals surface area contributed by atoms with E-state index >= 15 is 0 Å². The van der Waals surface area contributed by atoms with Crippen molar-refractivity contribution in [2.75, 3.05) is 6.26 Å². The van der Waals surface area contributed by atoms with Crippen molar-refractivity contribution in [1.29, 1.82) is 0 Å². The minimum atomic E-state index is -3.78. The van der Waals surface area contributed by atoms with Crippen LogP contribution in [0.5, 0.6) is 0 Å². The van der Waals surface area contributed by atoms with Crippen LogP contribution in [0.4, 0.5) is 5.69 Å². The standard InChI is InChI=1S/C16H17NO9S/c1-27(25,26)8-5-6-9(12(7-8)17(23)24)14(18)13-10(15(19)20)3-2-4-11(13)16(21)22/h5-7,10-11,13H,2-4H2,1H3,(H,19,20)(H,21,22). The molecule has 2 rings (SSSR count). The van der Waals surface area contributed by atoms with E-state index in [1.165, 1.54) is 0 Å². The summed E-state index contributed by atoms with van der Waals surface area (Å²) in [7, 11) is -3.78. The van der Waals surface area contributed by atoms with Crippen molar-refractivity contribution in [2.24, 2.45) is 17.8 Å². The zero-order valence-corrected chi connectivity index (χ0v) is 15.0. The lowest BCUT2D eigenvalue weighted by Gasteiger charge is -2.32. The Morgan fingerprint density at radius 2 is 1.63 bits per heavy atom. The van der Waals surface area contributed by atoms with Gasteiger partial charge in [-0.15, -0.1) is 0 Å². The summed E-state index contributed by atoms with van der Waals surface area (Å²) >= 11 is 0. The Balaban J connectivity index is 2.60. The maximum absolute atomic E-state index is 12.9. The highest BCUT2D eigenvalue weighted by Gasteiger charge is 2.46. The van der Waals surface area contributed by atoms with Gasteiger partial charge in [0, 0.05) is 18.2 Å². The molecule has 0 spiro atoms. The third-order valence-electron chi connectivity index (χ3n) is 4.69. The van der Waals surface area contributed by atoms with E-state index in [9.17, 15) is 43.1 Å². The number of hydrogen-bond donors (Lipinski definition) is 2. The van der Waals surface area contributed by atoms with Crippen LogP contribution in [-0.2, 0) is 19.4 Å². The van der Waals surface area contributed by atoms with Crippen LogP contribution in [0.2, 0.25) is 0 Å². The molecule has 1 fully saturated rings. The van der Waals surface area contributed by atoms with Crippen LogP contribution in [0.15, 0.2) is 23.1 Å². The molecule has 1 aromatic carbocycles. The van der Waals surface area contributed by atoms with Crippen LogP contribution in [0.3, 0.4) is 0 Å². The Morgan fingerprint density at radius 1 is 1.11 bits per heavy atom. The van der Waals surface area contributed by atoms with Gasteiger partial charge in [0.05, 0.1) is 27.2 Å². The molecule has 0 amide bonds. The summed E-state index contributed by atoms with van der Waals surface area (Å²) in [4.78, 5) is 46.0. The predicted octanol–water partition coefficient (Wildman–Crippen LogP) is 1.38. The molecular weight excluding hydrogens is 382 g/mol. The Bertz CT molecular complexity index is 900. The first-order valence-electron chi connectivity index (χ1n) is 7.93. The molecule has 0 heterocycles. The number of carboxylic acid groups (broad SMARTS) is 2. The van der Waals surface area contributed by atoms with Gasteiger partial charge in [0.15, 0.2) is 15.6 Å². The van der Waals surface area contributed by atoms with Crippen LogP contribution < -0.4 is 0 Å². The molecule has 0 bridgehead atoms. The van der Waals surface area contributed by atoms with E-state index < -0.39 is 61.5 Å². The second kappa shape index (κ2) is 7.43. The lowest BCUT2D eigenvalue weighted by Crippen LogP contribution is -2.42. The number of aliphatic carboxylic acids is 2. The first kappa shape index (κ1) is 20.5. The SMILES string of the molecule is CS(=O)(=O)c1ccc(C(=O)C2C(C(=O)O)CCCC2C(=O)O)c([N+](=O)[O-])c1. The van der Waals surface area contributed by atoms with Gasteiger partial charge in [0.1, 0.15) is 0 Å². The summed E-state index contributed by atoms with van der Waals surface area (Å²) in [6.45, 7) is 0. The summed E-state index contributed by atoms with van der Waals surface area (Å²) in [5.41, 5.74) is -1.31. The van der Waals surface area contributed by atoms with Crippen molar-refractivity contribution < 1.29 is 37.9 Å². The first-order chi connectivity index (χ1) is 12.4. The van der Waals surface area contributed by atoms with Crippen molar-refractivity contribution in [3.63, 3.8) is 0 Å². The molecule has 10 nitrogen and oxygen atoms in total. The normalized spacial score (nSPS) is 22.8. The van der Waals surface area contributed by atoms with Gasteiger partial charge in [-0.25, -0.2) is 8.42 Å². The fourth-order valence-corrected chi connectivity index (χ4v) is 4.04. The molecule has 146 valence electrons. The van der Waals surface area contributed by atoms with Gasteiger partial charge in [-0.2, -0.15) is 0 Å². The van der Waals surface area contributed by atoms with E-state index in [1.54, 1.807) is 0 Å². The number of carbonyl (C=O) groups is 3. The average molecular weight is 399 g/mol. The number of benzene rings is 1. The molecule has 11 heteroatoms. The number of carbonyl (C=O) groups excluding carboxylic acids is 1. The highest BCUT2D eigenvalue weighted by Crippen LogP contribution is 2.39. The highest BCUT2D eigenvalue weighted by molar-refractivity contribution is 7.90. The lowest BCUT2D eigenvalue weighted by atomic mass is 9.68. The van der Waals surface area contributed by atoms with Crippen LogP contribution >= 0.6 is 0 Å². The Kier molecular flexibility index (Phi) is 5.64. The van der Waals surface area contributed by atoms with Crippen molar-refractivity contribution >= 4 is 33.2 Å². The Hall–Kier alpha value is -2.82. The number of Topliss-reactive ketones (excluding diaryl/α,β-unsaturated/α-hetero) is 1. The molecule has 27 heavy (non-hydrogen) atoms. The second-order valence-electron chi connectivity index (χ2n) is 6.42. The molecule has 0 aliphatic heterocycles. The second-order valence-corrected chi connectivity index (χ2v) is 8.43. The summed E-state index contributed by atoms with van der Waals surface area (Å²) in [6, 6.07) is 2.66. The summed E-state index contributed by atoms with van der Waals surface area (Å²) < 4.78 is 23.2. The number of sulfone groups is 1. The van der Waals surface area contributed by atoms with Gasteiger partial charge in [0.25, 0.3) is 5.69 Å². The Morgan fingerprint density at radius 3 is 2.04 bits per heavy atom. The van der Waals surface area contributed by atoms with Crippen LogP contribution in [0.25, 0.3) is 0 Å². The van der Waals surface area contributed by atoms with E-state index in [0.717, 1.165) is 24.5 Å². The maximum Gasteiger partial charge on any atom is 0.307 e. The van der Waals surface area contributed by atoms with E-state index in [1.807, 2.05) is 0 Å². The average Bonchev–Trinajstić information content (AvgIpc) is 2.58. The Labute approximate surface area is 153 Å². The third kappa shape index (κ3) is 4.13. The quantitative estimate of drug-likeness (QED) is 0.407. The number of nitro benzene ring substituents is 1. The lowest BCUT2D eigenvalue weighted by molar-refractivity contribution is -0.385. The van der Waals surface area contributed by atoms with E-state index in [0.29, 0.717) is 6.42 Å². The molecule has 0 radical (unpaired) electrons. The van der Waals surface area contributed by atoms with Crippen LogP contribution in [0, 0.1) is 27.9 Å². The van der Waals surface area contributed by atoms with Gasteiger partial charge in [-0.05, 0) is 25.0 Å². The number of hydrogen-bond acceptors (Lipinski definition) is 7. The third-order valence-corrected chi connectivity index (χ3v) is 5.80. The molecule has 2 atom stereocenters. The zero-order chi connectivity index (χ0) is 20.5. The number of rotatable bonds is 6. The summed E-state index contributed by atoms with van der Waals surface area (Å²) in [6.07, 6.45) is 1.29. The summed E-state index contributed by atoms with van der Waals surface area (Å²) in [5.74, 6) is -7.75. The maximum atomic E-state index is 12.9. The van der Waals surface area contributed by atoms with Gasteiger partial charge in [-0.3, -0.25) is 24.5 Å². The number of ketones is 1. The van der Waals surface area contributed by atoms with E-state index in [-0.39, 0.29) is 17.7 Å². The number of nitro groups is 1. The first-order valence-corrected chi connectivity index (χ1v) is 9.82. The molecular formula is C16H17NO9S. The minimum Gasteiger partial charge on any atom is -0.481 e. The molecule has 2 N–H and O–H groups in total. The van der Waals surface area contributed by atoms with Crippen LogP contribution in [0.1, 0.15) is 29.6 Å². The van der Waals surface area contributed by atoms with Crippen molar-refractivity contribution in [3.8, 4) is 0 Å². The highest BCUT2D eigenvalue weighted by atomic mass is 32.2. The molecule has 1 saturated carbocycles. The van der Waals surface area contributed by atoms with Crippen molar-refractivity contribution in [3.05, 3.63) is 33.9 Å². The molecule has 1 aliphatic carbocycles. The molecule has 1 aromatic rings.